The highest BCUT2D eigenvalue weighted by Crippen LogP contribution is 2.24. The maximum atomic E-state index is 11.6. The summed E-state index contributed by atoms with van der Waals surface area (Å²) in [5, 5.41) is 0. The lowest BCUT2D eigenvalue weighted by molar-refractivity contribution is -0.130. The van der Waals surface area contributed by atoms with Crippen LogP contribution < -0.4 is 5.73 Å². The van der Waals surface area contributed by atoms with E-state index in [1.807, 2.05) is 0 Å². The Labute approximate surface area is 115 Å². The standard InChI is InChI=1S/C14H25N3O2/c1-11(18)16-7-8-17(10-12(9-16)14(15)19)13-5-3-2-4-6-13/h12-13H,2-10H2,1H3,(H2,15,19). The van der Waals surface area contributed by atoms with Crippen molar-refractivity contribution < 1.29 is 9.59 Å². The predicted molar refractivity (Wildman–Crippen MR) is 73.4 cm³/mol. The van der Waals surface area contributed by atoms with Gasteiger partial charge in [0.15, 0.2) is 0 Å². The average molecular weight is 267 g/mol. The number of nitrogens with zero attached hydrogens (tertiary/aromatic N) is 2. The molecule has 0 aromatic rings. The minimum absolute atomic E-state index is 0.0387. The molecule has 5 heteroatoms. The largest absolute Gasteiger partial charge is 0.369 e. The molecule has 2 rings (SSSR count). The summed E-state index contributed by atoms with van der Waals surface area (Å²) < 4.78 is 0. The van der Waals surface area contributed by atoms with Crippen LogP contribution in [0.2, 0.25) is 0 Å². The van der Waals surface area contributed by atoms with E-state index in [1.165, 1.54) is 32.1 Å². The summed E-state index contributed by atoms with van der Waals surface area (Å²) in [6.07, 6.45) is 6.30. The Morgan fingerprint density at radius 1 is 1.05 bits per heavy atom. The fourth-order valence-corrected chi connectivity index (χ4v) is 3.28. The van der Waals surface area contributed by atoms with Gasteiger partial charge in [-0.25, -0.2) is 0 Å². The normalized spacial score (nSPS) is 27.0. The number of carbonyl (C=O) groups excluding carboxylic acids is 2. The van der Waals surface area contributed by atoms with Gasteiger partial charge in [-0.05, 0) is 12.8 Å². The zero-order valence-electron chi connectivity index (χ0n) is 11.8. The molecule has 19 heavy (non-hydrogen) atoms. The molecule has 2 aliphatic rings. The van der Waals surface area contributed by atoms with E-state index in [9.17, 15) is 9.59 Å². The summed E-state index contributed by atoms with van der Waals surface area (Å²) in [6, 6.07) is 0.572. The Kier molecular flexibility index (Phi) is 4.80. The van der Waals surface area contributed by atoms with Crippen LogP contribution in [-0.2, 0) is 9.59 Å². The molecule has 0 spiro atoms. The van der Waals surface area contributed by atoms with E-state index < -0.39 is 0 Å². The van der Waals surface area contributed by atoms with Gasteiger partial charge in [0, 0.05) is 39.1 Å². The Balaban J connectivity index is 2.04. The molecule has 1 unspecified atom stereocenters. The molecule has 0 radical (unpaired) electrons. The summed E-state index contributed by atoms with van der Waals surface area (Å²) in [5.74, 6) is -0.473. The van der Waals surface area contributed by atoms with Crippen LogP contribution in [0.3, 0.4) is 0 Å². The van der Waals surface area contributed by atoms with Gasteiger partial charge in [-0.3, -0.25) is 14.5 Å². The quantitative estimate of drug-likeness (QED) is 0.796. The van der Waals surface area contributed by atoms with Crippen molar-refractivity contribution >= 4 is 11.8 Å². The molecule has 1 aliphatic heterocycles. The second kappa shape index (κ2) is 6.37. The van der Waals surface area contributed by atoms with E-state index in [0.29, 0.717) is 19.1 Å². The smallest absolute Gasteiger partial charge is 0.223 e. The summed E-state index contributed by atoms with van der Waals surface area (Å²) in [5.41, 5.74) is 5.49. The second-order valence-electron chi connectivity index (χ2n) is 5.85. The van der Waals surface area contributed by atoms with Crippen molar-refractivity contribution in [2.24, 2.45) is 11.7 Å². The van der Waals surface area contributed by atoms with Crippen molar-refractivity contribution in [1.29, 1.82) is 0 Å². The summed E-state index contributed by atoms with van der Waals surface area (Å²) in [6.45, 7) is 4.34. The fraction of sp³-hybridized carbons (Fsp3) is 0.857. The SMILES string of the molecule is CC(=O)N1CCN(C2CCCCC2)CC(C(N)=O)C1. The van der Waals surface area contributed by atoms with Crippen molar-refractivity contribution in [1.82, 2.24) is 9.80 Å². The number of amides is 2. The van der Waals surface area contributed by atoms with Crippen molar-refractivity contribution in [3.05, 3.63) is 0 Å². The molecule has 2 fully saturated rings. The molecule has 1 aliphatic carbocycles. The van der Waals surface area contributed by atoms with Crippen LogP contribution in [0.4, 0.5) is 0 Å². The van der Waals surface area contributed by atoms with E-state index in [0.717, 1.165) is 13.1 Å². The first kappa shape index (κ1) is 14.3. The maximum absolute atomic E-state index is 11.6. The Morgan fingerprint density at radius 3 is 2.32 bits per heavy atom. The molecule has 5 nitrogen and oxygen atoms in total. The number of nitrogens with two attached hydrogens (primary N) is 1. The Morgan fingerprint density at radius 2 is 1.74 bits per heavy atom. The van der Waals surface area contributed by atoms with Crippen molar-refractivity contribution in [3.8, 4) is 0 Å². The lowest BCUT2D eigenvalue weighted by Crippen LogP contribution is -2.43. The van der Waals surface area contributed by atoms with E-state index in [-0.39, 0.29) is 17.7 Å². The minimum atomic E-state index is -0.283. The number of hydrogen-bond acceptors (Lipinski definition) is 3. The molecule has 2 N–H and O–H groups in total. The molecule has 1 heterocycles. The van der Waals surface area contributed by atoms with Crippen molar-refractivity contribution in [2.75, 3.05) is 26.2 Å². The third-order valence-corrected chi connectivity index (χ3v) is 4.49. The van der Waals surface area contributed by atoms with Gasteiger partial charge in [0.25, 0.3) is 0 Å². The molecule has 0 bridgehead atoms. The van der Waals surface area contributed by atoms with Crippen LogP contribution in [0.1, 0.15) is 39.0 Å². The Bertz CT molecular complexity index is 340. The highest BCUT2D eigenvalue weighted by atomic mass is 16.2. The van der Waals surface area contributed by atoms with Crippen molar-refractivity contribution in [3.63, 3.8) is 0 Å². The van der Waals surface area contributed by atoms with E-state index >= 15 is 0 Å². The third kappa shape index (κ3) is 3.69. The monoisotopic (exact) mass is 267 g/mol. The summed E-state index contributed by atoms with van der Waals surface area (Å²) in [4.78, 5) is 27.3. The lowest BCUT2D eigenvalue weighted by Gasteiger charge is -2.34. The first-order valence-corrected chi connectivity index (χ1v) is 7.37. The zero-order valence-corrected chi connectivity index (χ0v) is 11.8. The Hall–Kier alpha value is -1.10. The molecule has 2 amide bonds. The molecule has 0 aromatic heterocycles. The molecule has 0 aromatic carbocycles. The van der Waals surface area contributed by atoms with E-state index in [4.69, 9.17) is 5.73 Å². The van der Waals surface area contributed by atoms with Crippen LogP contribution in [0, 0.1) is 5.92 Å². The third-order valence-electron chi connectivity index (χ3n) is 4.49. The molecule has 1 saturated heterocycles. The van der Waals surface area contributed by atoms with Crippen LogP contribution in [0.5, 0.6) is 0 Å². The average Bonchev–Trinajstić information content (AvgIpc) is 2.62. The van der Waals surface area contributed by atoms with Gasteiger partial charge in [0.1, 0.15) is 0 Å². The van der Waals surface area contributed by atoms with Gasteiger partial charge in [0.2, 0.25) is 11.8 Å². The number of hydrogen-bond donors (Lipinski definition) is 1. The lowest BCUT2D eigenvalue weighted by atomic mass is 9.93. The first-order valence-electron chi connectivity index (χ1n) is 7.37. The van der Waals surface area contributed by atoms with Gasteiger partial charge in [-0.1, -0.05) is 19.3 Å². The van der Waals surface area contributed by atoms with Crippen LogP contribution >= 0.6 is 0 Å². The van der Waals surface area contributed by atoms with E-state index in [2.05, 4.69) is 4.90 Å². The van der Waals surface area contributed by atoms with Crippen molar-refractivity contribution in [2.45, 2.75) is 45.1 Å². The molecule has 1 saturated carbocycles. The molecule has 108 valence electrons. The number of primary amides is 1. The maximum Gasteiger partial charge on any atom is 0.223 e. The van der Waals surface area contributed by atoms with Crippen LogP contribution in [0.15, 0.2) is 0 Å². The summed E-state index contributed by atoms with van der Waals surface area (Å²) in [7, 11) is 0. The van der Waals surface area contributed by atoms with Crippen LogP contribution in [-0.4, -0.2) is 53.8 Å². The van der Waals surface area contributed by atoms with Crippen LogP contribution in [0.25, 0.3) is 0 Å². The zero-order chi connectivity index (χ0) is 13.8. The summed E-state index contributed by atoms with van der Waals surface area (Å²) >= 11 is 0. The van der Waals surface area contributed by atoms with Gasteiger partial charge >= 0.3 is 0 Å². The second-order valence-corrected chi connectivity index (χ2v) is 5.85. The molecular formula is C14H25N3O2. The van der Waals surface area contributed by atoms with E-state index in [1.54, 1.807) is 11.8 Å². The van der Waals surface area contributed by atoms with Gasteiger partial charge < -0.3 is 10.6 Å². The molecule has 1 atom stereocenters. The first-order chi connectivity index (χ1) is 9.08. The van der Waals surface area contributed by atoms with Gasteiger partial charge in [-0.2, -0.15) is 0 Å². The topological polar surface area (TPSA) is 66.6 Å². The highest BCUT2D eigenvalue weighted by molar-refractivity contribution is 5.79. The van der Waals surface area contributed by atoms with Gasteiger partial charge in [0.05, 0.1) is 5.92 Å². The molecular weight excluding hydrogens is 242 g/mol. The minimum Gasteiger partial charge on any atom is -0.369 e. The fourth-order valence-electron chi connectivity index (χ4n) is 3.28. The van der Waals surface area contributed by atoms with Gasteiger partial charge in [-0.15, -0.1) is 0 Å². The highest BCUT2D eigenvalue weighted by Gasteiger charge is 2.31. The number of rotatable bonds is 2. The predicted octanol–water partition coefficient (Wildman–Crippen LogP) is 0.585. The number of carbonyl (C=O) groups is 2.